The summed E-state index contributed by atoms with van der Waals surface area (Å²) >= 11 is 0. The zero-order chi connectivity index (χ0) is 21.1. The summed E-state index contributed by atoms with van der Waals surface area (Å²) < 4.78 is 45.1. The third-order valence-electron chi connectivity index (χ3n) is 4.38. The molecule has 158 valence electrons. The molecule has 0 spiro atoms. The zero-order valence-electron chi connectivity index (χ0n) is 16.8. The molecule has 0 bridgehead atoms. The third-order valence-corrected chi connectivity index (χ3v) is 5.37. The Bertz CT molecular complexity index is 543. The van der Waals surface area contributed by atoms with Crippen molar-refractivity contribution in [2.24, 2.45) is 5.73 Å². The van der Waals surface area contributed by atoms with Crippen LogP contribution in [0.15, 0.2) is 0 Å². The molecule has 12 heteroatoms. The fraction of sp³-hybridized carbons (Fsp3) is 1.00. The van der Waals surface area contributed by atoms with E-state index in [0.29, 0.717) is 6.42 Å². The molecule has 0 aliphatic carbocycles. The quantitative estimate of drug-likeness (QED) is 0.380. The standard InChI is InChI=1S/C16H30B2NO8P/c1-8(2)22-6-12-15(14(19)16(18)26-12)27-28(20,21)23-7-11-10(24-9(3)4)5-13(17)25-11/h8-16H,5-7,19H2,1-4H3,(H,20,21). The van der Waals surface area contributed by atoms with Crippen molar-refractivity contribution in [2.45, 2.75) is 88.8 Å². The number of phosphoric acid groups is 1. The van der Waals surface area contributed by atoms with Crippen LogP contribution in [0.2, 0.25) is 0 Å². The molecule has 8 unspecified atom stereocenters. The van der Waals surface area contributed by atoms with Gasteiger partial charge < -0.3 is 29.6 Å². The summed E-state index contributed by atoms with van der Waals surface area (Å²) in [7, 11) is 7.11. The molecule has 0 saturated carbocycles. The van der Waals surface area contributed by atoms with Gasteiger partial charge in [-0.2, -0.15) is 0 Å². The van der Waals surface area contributed by atoms with E-state index >= 15 is 0 Å². The van der Waals surface area contributed by atoms with Gasteiger partial charge in [-0.1, -0.05) is 0 Å². The summed E-state index contributed by atoms with van der Waals surface area (Å²) in [5, 5.41) is 0. The molecule has 8 atom stereocenters. The van der Waals surface area contributed by atoms with Crippen LogP contribution in [0.3, 0.4) is 0 Å². The van der Waals surface area contributed by atoms with Crippen LogP contribution >= 0.6 is 7.82 Å². The van der Waals surface area contributed by atoms with E-state index in [9.17, 15) is 9.46 Å². The van der Waals surface area contributed by atoms with Gasteiger partial charge in [0.25, 0.3) is 0 Å². The van der Waals surface area contributed by atoms with Gasteiger partial charge in [-0.15, -0.1) is 0 Å². The second kappa shape index (κ2) is 10.4. The average Bonchev–Trinajstić information content (AvgIpc) is 3.04. The molecule has 3 N–H and O–H groups in total. The average molecular weight is 417 g/mol. The molecule has 2 saturated heterocycles. The van der Waals surface area contributed by atoms with Crippen LogP contribution in [0, 0.1) is 0 Å². The monoisotopic (exact) mass is 417 g/mol. The lowest BCUT2D eigenvalue weighted by Gasteiger charge is -2.26. The summed E-state index contributed by atoms with van der Waals surface area (Å²) in [6.45, 7) is 7.37. The second-order valence-corrected chi connectivity index (χ2v) is 9.01. The molecule has 4 radical (unpaired) electrons. The zero-order valence-corrected chi connectivity index (χ0v) is 17.7. The van der Waals surface area contributed by atoms with Gasteiger partial charge in [0.15, 0.2) is 0 Å². The van der Waals surface area contributed by atoms with Crippen LogP contribution in [-0.2, 0) is 32.6 Å². The van der Waals surface area contributed by atoms with Crippen molar-refractivity contribution in [3.8, 4) is 0 Å². The van der Waals surface area contributed by atoms with Crippen LogP contribution in [-0.4, -0.2) is 88.5 Å². The minimum absolute atomic E-state index is 0.0459. The topological polar surface area (TPSA) is 119 Å². The minimum Gasteiger partial charge on any atom is -0.380 e. The second-order valence-electron chi connectivity index (χ2n) is 7.60. The Kier molecular flexibility index (Phi) is 9.01. The van der Waals surface area contributed by atoms with Crippen LogP contribution in [0.5, 0.6) is 0 Å². The Morgan fingerprint density at radius 2 is 1.82 bits per heavy atom. The SMILES string of the molecule is [B]C1CC(OC(C)C)C(COP(=O)(O)OC2C(COC(C)C)OC([B])C2N)O1. The van der Waals surface area contributed by atoms with E-state index in [0.717, 1.165) is 0 Å². The number of phosphoric ester groups is 1. The Morgan fingerprint density at radius 1 is 1.14 bits per heavy atom. The van der Waals surface area contributed by atoms with Gasteiger partial charge in [0.05, 0.1) is 37.6 Å². The van der Waals surface area contributed by atoms with Crippen molar-refractivity contribution in [1.82, 2.24) is 0 Å². The van der Waals surface area contributed by atoms with Gasteiger partial charge in [-0.05, 0) is 34.1 Å². The van der Waals surface area contributed by atoms with E-state index in [-0.39, 0.29) is 31.5 Å². The van der Waals surface area contributed by atoms with Gasteiger partial charge in [0.1, 0.15) is 34.0 Å². The van der Waals surface area contributed by atoms with Gasteiger partial charge in [-0.25, -0.2) is 4.57 Å². The van der Waals surface area contributed by atoms with Crippen molar-refractivity contribution in [2.75, 3.05) is 13.2 Å². The number of hydrogen-bond donors (Lipinski definition) is 2. The van der Waals surface area contributed by atoms with E-state index in [1.165, 1.54) is 0 Å². The molecule has 0 aromatic carbocycles. The van der Waals surface area contributed by atoms with Crippen LogP contribution in [0.4, 0.5) is 0 Å². The molecular weight excluding hydrogens is 387 g/mol. The molecule has 2 rings (SSSR count). The number of hydrogen-bond acceptors (Lipinski definition) is 8. The lowest BCUT2D eigenvalue weighted by atomic mass is 9.91. The predicted molar refractivity (Wildman–Crippen MR) is 103 cm³/mol. The lowest BCUT2D eigenvalue weighted by molar-refractivity contribution is -0.0651. The maximum Gasteiger partial charge on any atom is 0.472 e. The molecule has 0 aromatic rings. The molecule has 28 heavy (non-hydrogen) atoms. The first-order valence-corrected chi connectivity index (χ1v) is 11.0. The van der Waals surface area contributed by atoms with Gasteiger partial charge in [-0.3, -0.25) is 9.05 Å². The lowest BCUT2D eigenvalue weighted by Crippen LogP contribution is -2.43. The molecule has 2 aliphatic heterocycles. The maximum absolute atomic E-state index is 12.5. The number of nitrogens with two attached hydrogens (primary N) is 1. The van der Waals surface area contributed by atoms with E-state index in [1.54, 1.807) is 0 Å². The van der Waals surface area contributed by atoms with Crippen molar-refractivity contribution in [3.63, 3.8) is 0 Å². The summed E-state index contributed by atoms with van der Waals surface area (Å²) in [6.07, 6.45) is -2.21. The smallest absolute Gasteiger partial charge is 0.380 e. The molecule has 9 nitrogen and oxygen atoms in total. The highest BCUT2D eigenvalue weighted by atomic mass is 31.2. The first-order valence-electron chi connectivity index (χ1n) is 9.49. The first kappa shape index (κ1) is 24.3. The summed E-state index contributed by atoms with van der Waals surface area (Å²) in [5.41, 5.74) is 5.96. The predicted octanol–water partition coefficient (Wildman–Crippen LogP) is 0.211. The fourth-order valence-electron chi connectivity index (χ4n) is 3.10. The summed E-state index contributed by atoms with van der Waals surface area (Å²) in [6, 6.07) is -2.17. The highest BCUT2D eigenvalue weighted by Crippen LogP contribution is 2.47. The van der Waals surface area contributed by atoms with E-state index in [2.05, 4.69) is 0 Å². The van der Waals surface area contributed by atoms with Crippen LogP contribution < -0.4 is 5.73 Å². The van der Waals surface area contributed by atoms with Crippen LogP contribution in [0.25, 0.3) is 0 Å². The van der Waals surface area contributed by atoms with Gasteiger partial charge in [0, 0.05) is 12.0 Å². The van der Waals surface area contributed by atoms with Crippen molar-refractivity contribution < 1.29 is 37.5 Å². The normalized spacial score (nSPS) is 38.4. The number of rotatable bonds is 10. The molecule has 0 amide bonds. The Morgan fingerprint density at radius 3 is 2.43 bits per heavy atom. The first-order chi connectivity index (χ1) is 13.0. The maximum atomic E-state index is 12.5. The van der Waals surface area contributed by atoms with Crippen LogP contribution in [0.1, 0.15) is 34.1 Å². The summed E-state index contributed by atoms with van der Waals surface area (Å²) in [5.74, 6) is 0. The van der Waals surface area contributed by atoms with Crippen molar-refractivity contribution >= 4 is 23.5 Å². The highest BCUT2D eigenvalue weighted by molar-refractivity contribution is 7.47. The number of ether oxygens (including phenoxy) is 4. The molecule has 2 fully saturated rings. The van der Waals surface area contributed by atoms with E-state index in [1.807, 2.05) is 27.7 Å². The minimum atomic E-state index is -4.47. The summed E-state index contributed by atoms with van der Waals surface area (Å²) in [4.78, 5) is 10.2. The Labute approximate surface area is 169 Å². The molecule has 2 heterocycles. The molecule has 2 aliphatic rings. The molecular formula is C16H30B2NO8P. The van der Waals surface area contributed by atoms with Crippen molar-refractivity contribution in [1.29, 1.82) is 0 Å². The highest BCUT2D eigenvalue weighted by Gasteiger charge is 2.45. The van der Waals surface area contributed by atoms with E-state index in [4.69, 9.17) is 49.4 Å². The third kappa shape index (κ3) is 7.07. The van der Waals surface area contributed by atoms with E-state index < -0.39 is 44.2 Å². The largest absolute Gasteiger partial charge is 0.472 e. The van der Waals surface area contributed by atoms with Gasteiger partial charge >= 0.3 is 7.82 Å². The fourth-order valence-corrected chi connectivity index (χ4v) is 4.08. The Balaban J connectivity index is 1.93. The van der Waals surface area contributed by atoms with Gasteiger partial charge in [0.2, 0.25) is 0 Å². The Hall–Kier alpha value is 0.0399. The van der Waals surface area contributed by atoms with Crippen molar-refractivity contribution in [3.05, 3.63) is 0 Å². The molecule has 0 aromatic heterocycles.